The fourth-order valence-electron chi connectivity index (χ4n) is 2.06. The van der Waals surface area contributed by atoms with E-state index in [1.807, 2.05) is 19.1 Å². The van der Waals surface area contributed by atoms with Crippen LogP contribution in [0.4, 0.5) is 8.78 Å². The second kappa shape index (κ2) is 8.07. The van der Waals surface area contributed by atoms with Crippen LogP contribution in [0.1, 0.15) is 29.8 Å². The van der Waals surface area contributed by atoms with Crippen LogP contribution in [0.2, 0.25) is 0 Å². The van der Waals surface area contributed by atoms with Crippen LogP contribution in [0.3, 0.4) is 0 Å². The standard InChI is InChI=1S/C15H21F2NO2/c1-3-12-4-6-13(7-5-12)15(20)11(2)18(8-9-19)10-14(16)17/h4-7,11,14,19H,3,8-10H2,1-2H3. The summed E-state index contributed by atoms with van der Waals surface area (Å²) in [6.45, 7) is 2.91. The highest BCUT2D eigenvalue weighted by Gasteiger charge is 2.24. The molecule has 112 valence electrons. The molecule has 0 saturated carbocycles. The van der Waals surface area contributed by atoms with Gasteiger partial charge in [-0.05, 0) is 18.9 Å². The van der Waals surface area contributed by atoms with Gasteiger partial charge in [-0.25, -0.2) is 8.78 Å². The lowest BCUT2D eigenvalue weighted by Gasteiger charge is -2.27. The van der Waals surface area contributed by atoms with Crippen molar-refractivity contribution in [3.05, 3.63) is 35.4 Å². The van der Waals surface area contributed by atoms with E-state index in [1.165, 1.54) is 4.90 Å². The van der Waals surface area contributed by atoms with Gasteiger partial charge in [0.2, 0.25) is 0 Å². The number of Topliss-reactive ketones (excluding diaryl/α,β-unsaturated/α-hetero) is 1. The lowest BCUT2D eigenvalue weighted by Crippen LogP contribution is -2.43. The Morgan fingerprint density at radius 3 is 2.35 bits per heavy atom. The Morgan fingerprint density at radius 2 is 1.90 bits per heavy atom. The third-order valence-electron chi connectivity index (χ3n) is 3.33. The molecular weight excluding hydrogens is 264 g/mol. The molecule has 0 saturated heterocycles. The second-order valence-corrected chi connectivity index (χ2v) is 4.70. The first-order valence-corrected chi connectivity index (χ1v) is 6.75. The van der Waals surface area contributed by atoms with Gasteiger partial charge >= 0.3 is 0 Å². The van der Waals surface area contributed by atoms with Crippen LogP contribution in [-0.2, 0) is 6.42 Å². The van der Waals surface area contributed by atoms with E-state index in [0.29, 0.717) is 5.56 Å². The normalized spacial score (nSPS) is 12.9. The Hall–Kier alpha value is -1.33. The van der Waals surface area contributed by atoms with Crippen molar-refractivity contribution < 1.29 is 18.7 Å². The third-order valence-corrected chi connectivity index (χ3v) is 3.33. The molecule has 1 N–H and O–H groups in total. The van der Waals surface area contributed by atoms with Crippen LogP contribution in [-0.4, -0.2) is 48.0 Å². The number of benzene rings is 1. The molecule has 20 heavy (non-hydrogen) atoms. The predicted octanol–water partition coefficient (Wildman–Crippen LogP) is 2.38. The number of aliphatic hydroxyl groups excluding tert-OH is 1. The number of aryl methyl sites for hydroxylation is 1. The highest BCUT2D eigenvalue weighted by atomic mass is 19.3. The fourth-order valence-corrected chi connectivity index (χ4v) is 2.06. The van der Waals surface area contributed by atoms with Gasteiger partial charge in [0, 0.05) is 12.1 Å². The van der Waals surface area contributed by atoms with Gasteiger partial charge in [0.25, 0.3) is 6.43 Å². The van der Waals surface area contributed by atoms with E-state index in [1.54, 1.807) is 19.1 Å². The molecule has 0 aliphatic rings. The zero-order valence-electron chi connectivity index (χ0n) is 11.9. The van der Waals surface area contributed by atoms with E-state index in [4.69, 9.17) is 5.11 Å². The van der Waals surface area contributed by atoms with E-state index in [9.17, 15) is 13.6 Å². The molecule has 0 aliphatic heterocycles. The zero-order valence-corrected chi connectivity index (χ0v) is 11.9. The first-order valence-electron chi connectivity index (χ1n) is 6.75. The molecule has 0 fully saturated rings. The molecule has 5 heteroatoms. The van der Waals surface area contributed by atoms with Crippen LogP contribution in [0.25, 0.3) is 0 Å². The van der Waals surface area contributed by atoms with E-state index >= 15 is 0 Å². The van der Waals surface area contributed by atoms with Crippen molar-refractivity contribution in [2.24, 2.45) is 0 Å². The fraction of sp³-hybridized carbons (Fsp3) is 0.533. The van der Waals surface area contributed by atoms with Gasteiger partial charge in [0.15, 0.2) is 5.78 Å². The van der Waals surface area contributed by atoms with Gasteiger partial charge in [-0.15, -0.1) is 0 Å². The quantitative estimate of drug-likeness (QED) is 0.746. The molecule has 3 nitrogen and oxygen atoms in total. The van der Waals surface area contributed by atoms with E-state index in [2.05, 4.69) is 0 Å². The van der Waals surface area contributed by atoms with E-state index in [-0.39, 0.29) is 18.9 Å². The number of hydrogen-bond donors (Lipinski definition) is 1. The second-order valence-electron chi connectivity index (χ2n) is 4.70. The van der Waals surface area contributed by atoms with Crippen LogP contribution >= 0.6 is 0 Å². The van der Waals surface area contributed by atoms with Gasteiger partial charge in [-0.2, -0.15) is 0 Å². The predicted molar refractivity (Wildman–Crippen MR) is 74.3 cm³/mol. The first-order chi connectivity index (χ1) is 9.49. The van der Waals surface area contributed by atoms with Crippen LogP contribution in [0.5, 0.6) is 0 Å². The molecule has 0 heterocycles. The van der Waals surface area contributed by atoms with Crippen molar-refractivity contribution in [2.75, 3.05) is 19.7 Å². The van der Waals surface area contributed by atoms with Gasteiger partial charge in [0.05, 0.1) is 19.2 Å². The molecule has 1 aromatic rings. The smallest absolute Gasteiger partial charge is 0.251 e. The SMILES string of the molecule is CCc1ccc(C(=O)C(C)N(CCO)CC(F)F)cc1. The minimum atomic E-state index is -2.53. The molecule has 0 bridgehead atoms. The summed E-state index contributed by atoms with van der Waals surface area (Å²) < 4.78 is 25.0. The molecule has 0 amide bonds. The maximum absolute atomic E-state index is 12.5. The maximum atomic E-state index is 12.5. The monoisotopic (exact) mass is 285 g/mol. The van der Waals surface area contributed by atoms with Gasteiger partial charge < -0.3 is 5.11 Å². The van der Waals surface area contributed by atoms with Crippen molar-refractivity contribution in [3.8, 4) is 0 Å². The third kappa shape index (κ3) is 4.65. The zero-order chi connectivity index (χ0) is 15.1. The number of carbonyl (C=O) groups excluding carboxylic acids is 1. The van der Waals surface area contributed by atoms with Crippen LogP contribution < -0.4 is 0 Å². The lowest BCUT2D eigenvalue weighted by atomic mass is 10.0. The molecular formula is C15H21F2NO2. The Kier molecular flexibility index (Phi) is 6.75. The molecule has 0 spiro atoms. The topological polar surface area (TPSA) is 40.5 Å². The number of carbonyl (C=O) groups is 1. The summed E-state index contributed by atoms with van der Waals surface area (Å²) in [6, 6.07) is 6.49. The number of halogens is 2. The number of nitrogens with zero attached hydrogens (tertiary/aromatic N) is 1. The number of aliphatic hydroxyl groups is 1. The average Bonchev–Trinajstić information content (AvgIpc) is 2.45. The summed E-state index contributed by atoms with van der Waals surface area (Å²) in [5, 5.41) is 8.92. The maximum Gasteiger partial charge on any atom is 0.251 e. The molecule has 1 unspecified atom stereocenters. The van der Waals surface area contributed by atoms with Gasteiger partial charge in [-0.1, -0.05) is 31.2 Å². The Balaban J connectivity index is 2.80. The molecule has 0 radical (unpaired) electrons. The van der Waals surface area contributed by atoms with Crippen LogP contribution in [0.15, 0.2) is 24.3 Å². The molecule has 0 aromatic heterocycles. The van der Waals surface area contributed by atoms with Crippen LogP contribution in [0, 0.1) is 0 Å². The summed E-state index contributed by atoms with van der Waals surface area (Å²) in [5.74, 6) is -0.207. The molecule has 1 atom stereocenters. The summed E-state index contributed by atoms with van der Waals surface area (Å²) in [6.07, 6.45) is -1.65. The minimum absolute atomic E-state index is 0.0598. The summed E-state index contributed by atoms with van der Waals surface area (Å²) >= 11 is 0. The Labute approximate surface area is 118 Å². The van der Waals surface area contributed by atoms with Crippen molar-refractivity contribution in [1.82, 2.24) is 4.90 Å². The summed E-state index contributed by atoms with van der Waals surface area (Å²) in [4.78, 5) is 13.6. The number of alkyl halides is 2. The lowest BCUT2D eigenvalue weighted by molar-refractivity contribution is 0.0515. The van der Waals surface area contributed by atoms with E-state index in [0.717, 1.165) is 12.0 Å². The Morgan fingerprint density at radius 1 is 1.30 bits per heavy atom. The molecule has 0 aliphatic carbocycles. The molecule has 1 aromatic carbocycles. The van der Waals surface area contributed by atoms with Gasteiger partial charge in [0.1, 0.15) is 0 Å². The van der Waals surface area contributed by atoms with Crippen molar-refractivity contribution in [1.29, 1.82) is 0 Å². The van der Waals surface area contributed by atoms with Gasteiger partial charge in [-0.3, -0.25) is 9.69 Å². The highest BCUT2D eigenvalue weighted by molar-refractivity contribution is 5.99. The molecule has 1 rings (SSSR count). The largest absolute Gasteiger partial charge is 0.395 e. The van der Waals surface area contributed by atoms with Crippen molar-refractivity contribution >= 4 is 5.78 Å². The number of rotatable bonds is 8. The van der Waals surface area contributed by atoms with Crippen molar-refractivity contribution in [2.45, 2.75) is 32.7 Å². The minimum Gasteiger partial charge on any atom is -0.395 e. The van der Waals surface area contributed by atoms with Crippen molar-refractivity contribution in [3.63, 3.8) is 0 Å². The highest BCUT2D eigenvalue weighted by Crippen LogP contribution is 2.12. The number of hydrogen-bond acceptors (Lipinski definition) is 3. The average molecular weight is 285 g/mol. The number of ketones is 1. The Bertz CT molecular complexity index is 420. The summed E-state index contributed by atoms with van der Waals surface area (Å²) in [7, 11) is 0. The first kappa shape index (κ1) is 16.7. The summed E-state index contributed by atoms with van der Waals surface area (Å²) in [5.41, 5.74) is 1.63. The van der Waals surface area contributed by atoms with E-state index < -0.39 is 19.0 Å².